The van der Waals surface area contributed by atoms with Gasteiger partial charge in [0.15, 0.2) is 0 Å². The van der Waals surface area contributed by atoms with Gasteiger partial charge in [0.05, 0.1) is 5.69 Å². The quantitative estimate of drug-likeness (QED) is 0.888. The molecule has 0 radical (unpaired) electrons. The summed E-state index contributed by atoms with van der Waals surface area (Å²) in [5.41, 5.74) is 4.83. The minimum absolute atomic E-state index is 0.159. The highest BCUT2D eigenvalue weighted by molar-refractivity contribution is 5.76. The van der Waals surface area contributed by atoms with Crippen LogP contribution in [0.4, 0.5) is 0 Å². The van der Waals surface area contributed by atoms with Gasteiger partial charge in [-0.25, -0.2) is 0 Å². The minimum atomic E-state index is 0.159. The molecular weight excluding hydrogens is 322 g/mol. The first-order chi connectivity index (χ1) is 12.6. The molecule has 1 amide bonds. The van der Waals surface area contributed by atoms with Crippen molar-refractivity contribution in [3.8, 4) is 0 Å². The second kappa shape index (κ2) is 6.90. The van der Waals surface area contributed by atoms with Crippen LogP contribution in [0.1, 0.15) is 54.1 Å². The third kappa shape index (κ3) is 2.95. The number of aromatic nitrogens is 2. The van der Waals surface area contributed by atoms with Crippen molar-refractivity contribution in [2.24, 2.45) is 11.8 Å². The van der Waals surface area contributed by atoms with Crippen LogP contribution in [0.3, 0.4) is 0 Å². The van der Waals surface area contributed by atoms with Crippen molar-refractivity contribution in [3.63, 3.8) is 0 Å². The Morgan fingerprint density at radius 3 is 2.58 bits per heavy atom. The van der Waals surface area contributed by atoms with E-state index in [1.165, 1.54) is 30.4 Å². The number of hydrogen-bond acceptors (Lipinski definition) is 2. The number of amides is 1. The van der Waals surface area contributed by atoms with Crippen LogP contribution in [0.15, 0.2) is 30.3 Å². The van der Waals surface area contributed by atoms with E-state index in [2.05, 4.69) is 54.6 Å². The normalized spacial score (nSPS) is 27.0. The van der Waals surface area contributed by atoms with Crippen LogP contribution >= 0.6 is 0 Å². The highest BCUT2D eigenvalue weighted by Gasteiger charge is 2.53. The van der Waals surface area contributed by atoms with E-state index in [1.54, 1.807) is 0 Å². The zero-order valence-corrected chi connectivity index (χ0v) is 16.0. The summed E-state index contributed by atoms with van der Waals surface area (Å²) in [6.07, 6.45) is 4.37. The molecule has 2 aromatic rings. The molecule has 1 aromatic carbocycles. The van der Waals surface area contributed by atoms with Gasteiger partial charge in [-0.2, -0.15) is 5.10 Å². The zero-order valence-electron chi connectivity index (χ0n) is 16.0. The third-order valence-electron chi connectivity index (χ3n) is 6.74. The van der Waals surface area contributed by atoms with E-state index >= 15 is 0 Å². The Balaban J connectivity index is 1.40. The molecule has 1 heterocycles. The predicted octanol–water partition coefficient (Wildman–Crippen LogP) is 3.90. The molecular formula is C22H29N3O. The fourth-order valence-corrected chi connectivity index (χ4v) is 5.09. The monoisotopic (exact) mass is 351 g/mol. The maximum Gasteiger partial charge on any atom is 0.222 e. The minimum Gasteiger partial charge on any atom is -0.352 e. The highest BCUT2D eigenvalue weighted by atomic mass is 16.1. The van der Waals surface area contributed by atoms with Crippen molar-refractivity contribution < 1.29 is 4.79 Å². The number of benzene rings is 1. The molecule has 4 atom stereocenters. The van der Waals surface area contributed by atoms with Crippen molar-refractivity contribution in [1.82, 2.24) is 15.1 Å². The number of nitrogens with zero attached hydrogens (tertiary/aromatic N) is 2. The molecule has 1 N–H and O–H groups in total. The van der Waals surface area contributed by atoms with Crippen molar-refractivity contribution in [1.29, 1.82) is 0 Å². The molecule has 138 valence electrons. The van der Waals surface area contributed by atoms with Gasteiger partial charge in [0.2, 0.25) is 5.91 Å². The van der Waals surface area contributed by atoms with Gasteiger partial charge >= 0.3 is 0 Å². The number of hydrogen-bond donors (Lipinski definition) is 1. The van der Waals surface area contributed by atoms with E-state index in [0.717, 1.165) is 17.3 Å². The van der Waals surface area contributed by atoms with Gasteiger partial charge in [-0.3, -0.25) is 9.48 Å². The van der Waals surface area contributed by atoms with E-state index in [1.807, 2.05) is 11.6 Å². The zero-order chi connectivity index (χ0) is 18.3. The van der Waals surface area contributed by atoms with Crippen LogP contribution in [0.5, 0.6) is 0 Å². The van der Waals surface area contributed by atoms with Crippen LogP contribution in [-0.4, -0.2) is 21.7 Å². The molecule has 4 nitrogen and oxygen atoms in total. The first kappa shape index (κ1) is 17.3. The maximum atomic E-state index is 12.6. The summed E-state index contributed by atoms with van der Waals surface area (Å²) >= 11 is 0. The van der Waals surface area contributed by atoms with Crippen LogP contribution in [-0.2, 0) is 11.3 Å². The van der Waals surface area contributed by atoms with Crippen molar-refractivity contribution in [3.05, 3.63) is 52.8 Å². The van der Waals surface area contributed by atoms with Gasteiger partial charge < -0.3 is 5.32 Å². The van der Waals surface area contributed by atoms with Gasteiger partial charge in [0.25, 0.3) is 0 Å². The summed E-state index contributed by atoms with van der Waals surface area (Å²) in [6.45, 7) is 6.85. The summed E-state index contributed by atoms with van der Waals surface area (Å²) in [7, 11) is 0. The average Bonchev–Trinajstić information content (AvgIpc) is 3.16. The fourth-order valence-electron chi connectivity index (χ4n) is 5.09. The van der Waals surface area contributed by atoms with Crippen LogP contribution in [0.2, 0.25) is 0 Å². The molecule has 0 bridgehead atoms. The molecule has 0 aliphatic heterocycles. The number of nitrogens with one attached hydrogen (secondary N) is 1. The second-order valence-corrected chi connectivity index (χ2v) is 8.06. The Bertz CT molecular complexity index is 795. The molecule has 4 rings (SSSR count). The summed E-state index contributed by atoms with van der Waals surface area (Å²) in [5.74, 6) is 2.07. The van der Waals surface area contributed by atoms with Crippen LogP contribution in [0.25, 0.3) is 0 Å². The Kier molecular flexibility index (Phi) is 4.60. The predicted molar refractivity (Wildman–Crippen MR) is 103 cm³/mol. The summed E-state index contributed by atoms with van der Waals surface area (Å²) in [4.78, 5) is 12.6. The Morgan fingerprint density at radius 2 is 1.88 bits per heavy atom. The molecule has 2 aliphatic carbocycles. The molecule has 4 heteroatoms. The SMILES string of the molecule is Cc1nn(CCC(=O)N[C@@H]2[C@@H]3CCC[C@H]3[C@H]2c2ccccc2)c(C)c1C. The molecule has 0 saturated heterocycles. The number of carbonyl (C=O) groups is 1. The smallest absolute Gasteiger partial charge is 0.222 e. The van der Waals surface area contributed by atoms with E-state index in [4.69, 9.17) is 0 Å². The lowest BCUT2D eigenvalue weighted by atomic mass is 9.60. The van der Waals surface area contributed by atoms with E-state index in [-0.39, 0.29) is 5.91 Å². The highest BCUT2D eigenvalue weighted by Crippen LogP contribution is 2.55. The largest absolute Gasteiger partial charge is 0.352 e. The van der Waals surface area contributed by atoms with Gasteiger partial charge in [-0.05, 0) is 56.6 Å². The summed E-state index contributed by atoms with van der Waals surface area (Å²) in [5, 5.41) is 7.91. The number of aryl methyl sites for hydroxylation is 2. The molecule has 0 unspecified atom stereocenters. The summed E-state index contributed by atoms with van der Waals surface area (Å²) < 4.78 is 1.97. The van der Waals surface area contributed by atoms with Crippen molar-refractivity contribution in [2.45, 2.75) is 65.0 Å². The van der Waals surface area contributed by atoms with Crippen molar-refractivity contribution >= 4 is 5.91 Å². The first-order valence-corrected chi connectivity index (χ1v) is 9.91. The third-order valence-corrected chi connectivity index (χ3v) is 6.74. The molecule has 2 saturated carbocycles. The van der Waals surface area contributed by atoms with Gasteiger partial charge in [-0.1, -0.05) is 36.8 Å². The van der Waals surface area contributed by atoms with Gasteiger partial charge in [0.1, 0.15) is 0 Å². The number of carbonyl (C=O) groups excluding carboxylic acids is 1. The maximum absolute atomic E-state index is 12.6. The molecule has 1 aromatic heterocycles. The van der Waals surface area contributed by atoms with Gasteiger partial charge in [-0.15, -0.1) is 0 Å². The van der Waals surface area contributed by atoms with Crippen LogP contribution < -0.4 is 5.32 Å². The Hall–Kier alpha value is -2.10. The van der Waals surface area contributed by atoms with E-state index in [0.29, 0.717) is 30.8 Å². The summed E-state index contributed by atoms with van der Waals surface area (Å²) in [6, 6.07) is 11.0. The average molecular weight is 351 g/mol. The molecule has 26 heavy (non-hydrogen) atoms. The van der Waals surface area contributed by atoms with Gasteiger partial charge in [0, 0.05) is 30.6 Å². The second-order valence-electron chi connectivity index (χ2n) is 8.06. The lowest BCUT2D eigenvalue weighted by molar-refractivity contribution is -0.124. The lowest BCUT2D eigenvalue weighted by Crippen LogP contribution is -2.56. The lowest BCUT2D eigenvalue weighted by Gasteiger charge is -2.49. The van der Waals surface area contributed by atoms with Crippen molar-refractivity contribution in [2.75, 3.05) is 0 Å². The molecule has 0 spiro atoms. The number of fused-ring (bicyclic) bond motifs is 1. The fraction of sp³-hybridized carbons (Fsp3) is 0.545. The standard InChI is InChI=1S/C22H29N3O/c1-14-15(2)24-25(16(14)3)13-12-20(26)23-22-19-11-7-10-18(19)21(22)17-8-5-4-6-9-17/h4-6,8-9,18-19,21-22H,7,10-13H2,1-3H3,(H,23,26)/t18-,19-,21-,22-/m1/s1. The number of rotatable bonds is 5. The first-order valence-electron chi connectivity index (χ1n) is 9.91. The molecule has 2 fully saturated rings. The Morgan fingerprint density at radius 1 is 1.15 bits per heavy atom. The van der Waals surface area contributed by atoms with E-state index < -0.39 is 0 Å². The Labute approximate surface area is 156 Å². The van der Waals surface area contributed by atoms with Crippen LogP contribution in [0, 0.1) is 32.6 Å². The topological polar surface area (TPSA) is 46.9 Å². The molecule has 2 aliphatic rings. The van der Waals surface area contributed by atoms with E-state index in [9.17, 15) is 4.79 Å².